The number of hydrazine groups is 1. The smallest absolute Gasteiger partial charge is 0.226 e. The molecule has 1 fully saturated rings. The Morgan fingerprint density at radius 2 is 2.14 bits per heavy atom. The lowest BCUT2D eigenvalue weighted by atomic mass is 10.2. The molecular weight excluding hydrogens is 209 g/mol. The van der Waals surface area contributed by atoms with Crippen molar-refractivity contribution in [1.29, 1.82) is 0 Å². The van der Waals surface area contributed by atoms with Crippen LogP contribution >= 0.6 is 11.6 Å². The van der Waals surface area contributed by atoms with Crippen LogP contribution in [0, 0.1) is 5.82 Å². The van der Waals surface area contributed by atoms with Gasteiger partial charge in [0, 0.05) is 13.1 Å². The van der Waals surface area contributed by atoms with Crippen LogP contribution in [0.15, 0.2) is 0 Å². The van der Waals surface area contributed by atoms with E-state index < -0.39 is 5.82 Å². The van der Waals surface area contributed by atoms with E-state index in [1.54, 1.807) is 4.90 Å². The summed E-state index contributed by atoms with van der Waals surface area (Å²) in [6.07, 6.45) is 1.03. The van der Waals surface area contributed by atoms with Gasteiger partial charge in [0.2, 0.25) is 11.1 Å². The van der Waals surface area contributed by atoms with Crippen molar-refractivity contribution in [2.75, 3.05) is 23.4 Å². The number of hydrogen-bond acceptors (Lipinski definition) is 5. The van der Waals surface area contributed by atoms with Gasteiger partial charge in [-0.3, -0.25) is 0 Å². The number of hydrogen-bond donors (Lipinski definition) is 2. The molecule has 0 spiro atoms. The molecule has 1 saturated heterocycles. The van der Waals surface area contributed by atoms with E-state index in [2.05, 4.69) is 15.4 Å². The highest BCUT2D eigenvalue weighted by molar-refractivity contribution is 6.28. The molecule has 0 amide bonds. The molecule has 5 nitrogen and oxygen atoms in total. The fourth-order valence-corrected chi connectivity index (χ4v) is 1.41. The monoisotopic (exact) mass is 217 g/mol. The fraction of sp³-hybridized carbons (Fsp3) is 0.429. The van der Waals surface area contributed by atoms with Crippen molar-refractivity contribution in [2.24, 2.45) is 5.84 Å². The Bertz CT molecular complexity index is 354. The van der Waals surface area contributed by atoms with Gasteiger partial charge in [0.05, 0.1) is 0 Å². The van der Waals surface area contributed by atoms with Crippen molar-refractivity contribution in [3.63, 3.8) is 0 Å². The summed E-state index contributed by atoms with van der Waals surface area (Å²) in [6, 6.07) is 0. The molecule has 0 aliphatic carbocycles. The molecule has 1 aliphatic rings. The molecule has 0 atom stereocenters. The highest BCUT2D eigenvalue weighted by Gasteiger charge is 2.23. The zero-order chi connectivity index (χ0) is 10.1. The molecule has 0 aromatic carbocycles. The summed E-state index contributed by atoms with van der Waals surface area (Å²) in [5, 5.41) is -0.0127. The van der Waals surface area contributed by atoms with Crippen LogP contribution in [-0.2, 0) is 0 Å². The average Bonchev–Trinajstić information content (AvgIpc) is 2.07. The maximum Gasteiger partial charge on any atom is 0.226 e. The van der Waals surface area contributed by atoms with E-state index in [1.807, 2.05) is 0 Å². The highest BCUT2D eigenvalue weighted by atomic mass is 35.5. The van der Waals surface area contributed by atoms with Gasteiger partial charge in [-0.2, -0.15) is 14.4 Å². The first-order valence-electron chi connectivity index (χ1n) is 4.17. The summed E-state index contributed by atoms with van der Waals surface area (Å²) < 4.78 is 13.6. The molecule has 7 heteroatoms. The third kappa shape index (κ3) is 1.46. The maximum absolute atomic E-state index is 13.6. The van der Waals surface area contributed by atoms with Crippen LogP contribution in [0.4, 0.5) is 16.0 Å². The van der Waals surface area contributed by atoms with Crippen LogP contribution in [0.2, 0.25) is 5.28 Å². The lowest BCUT2D eigenvalue weighted by Gasteiger charge is -2.32. The predicted molar refractivity (Wildman–Crippen MR) is 51.6 cm³/mol. The standard InChI is InChI=1S/C7H9ClFN5/c8-7-11-5(13-10)4(9)6(12-7)14-2-1-3-14/h1-3,10H2,(H,11,12,13). The van der Waals surface area contributed by atoms with Crippen LogP contribution in [0.5, 0.6) is 0 Å². The predicted octanol–water partition coefficient (Wildman–Crippen LogP) is 0.765. The molecular formula is C7H9ClFN5. The number of nitrogen functional groups attached to an aromatic ring is 1. The number of anilines is 2. The Hall–Kier alpha value is -1.14. The van der Waals surface area contributed by atoms with E-state index >= 15 is 0 Å². The number of aromatic nitrogens is 2. The Kier molecular flexibility index (Phi) is 2.39. The minimum Gasteiger partial charge on any atom is -0.354 e. The Balaban J connectivity index is 2.41. The average molecular weight is 218 g/mol. The highest BCUT2D eigenvalue weighted by Crippen LogP contribution is 2.26. The summed E-state index contributed by atoms with van der Waals surface area (Å²) in [4.78, 5) is 9.20. The summed E-state index contributed by atoms with van der Waals surface area (Å²) in [6.45, 7) is 1.57. The molecule has 14 heavy (non-hydrogen) atoms. The van der Waals surface area contributed by atoms with Crippen molar-refractivity contribution >= 4 is 23.2 Å². The second-order valence-corrected chi connectivity index (χ2v) is 3.30. The van der Waals surface area contributed by atoms with E-state index in [9.17, 15) is 4.39 Å². The SMILES string of the molecule is NNc1nc(Cl)nc(N2CCC2)c1F. The van der Waals surface area contributed by atoms with E-state index in [1.165, 1.54) is 0 Å². The lowest BCUT2D eigenvalue weighted by Crippen LogP contribution is -2.38. The second-order valence-electron chi connectivity index (χ2n) is 2.96. The molecule has 0 unspecified atom stereocenters. The van der Waals surface area contributed by atoms with Gasteiger partial charge in [-0.25, -0.2) is 5.84 Å². The number of nitrogens with one attached hydrogen (secondary N) is 1. The lowest BCUT2D eigenvalue weighted by molar-refractivity contribution is 0.560. The zero-order valence-corrected chi connectivity index (χ0v) is 8.05. The quantitative estimate of drug-likeness (QED) is 0.435. The van der Waals surface area contributed by atoms with Crippen molar-refractivity contribution in [3.05, 3.63) is 11.1 Å². The van der Waals surface area contributed by atoms with Crippen molar-refractivity contribution in [2.45, 2.75) is 6.42 Å². The van der Waals surface area contributed by atoms with E-state index in [-0.39, 0.29) is 16.9 Å². The molecule has 1 aromatic heterocycles. The van der Waals surface area contributed by atoms with Gasteiger partial charge in [0.15, 0.2) is 11.6 Å². The van der Waals surface area contributed by atoms with Gasteiger partial charge < -0.3 is 10.3 Å². The van der Waals surface area contributed by atoms with Gasteiger partial charge in [-0.05, 0) is 18.0 Å². The summed E-state index contributed by atoms with van der Waals surface area (Å²) in [7, 11) is 0. The topological polar surface area (TPSA) is 67.1 Å². The Labute approximate surface area is 85.0 Å². The van der Waals surface area contributed by atoms with E-state index in [0.717, 1.165) is 19.5 Å². The van der Waals surface area contributed by atoms with Crippen LogP contribution in [0.1, 0.15) is 6.42 Å². The summed E-state index contributed by atoms with van der Waals surface area (Å²) >= 11 is 5.61. The summed E-state index contributed by atoms with van der Waals surface area (Å²) in [5.74, 6) is 4.67. The maximum atomic E-state index is 13.6. The second kappa shape index (κ2) is 3.55. The molecule has 3 N–H and O–H groups in total. The fourth-order valence-electron chi connectivity index (χ4n) is 1.24. The van der Waals surface area contributed by atoms with Crippen LogP contribution in [-0.4, -0.2) is 23.1 Å². The Morgan fingerprint density at radius 3 is 2.64 bits per heavy atom. The first-order valence-corrected chi connectivity index (χ1v) is 4.55. The molecule has 2 rings (SSSR count). The zero-order valence-electron chi connectivity index (χ0n) is 7.30. The number of rotatable bonds is 2. The number of halogens is 2. The van der Waals surface area contributed by atoms with Crippen molar-refractivity contribution < 1.29 is 4.39 Å². The normalized spacial score (nSPS) is 15.2. The number of nitrogens with two attached hydrogens (primary N) is 1. The van der Waals surface area contributed by atoms with Gasteiger partial charge in [0.25, 0.3) is 0 Å². The number of nitrogens with zero attached hydrogens (tertiary/aromatic N) is 3. The van der Waals surface area contributed by atoms with E-state index in [4.69, 9.17) is 17.4 Å². The van der Waals surface area contributed by atoms with Gasteiger partial charge in [0.1, 0.15) is 0 Å². The van der Waals surface area contributed by atoms with Crippen LogP contribution in [0.3, 0.4) is 0 Å². The molecule has 1 aliphatic heterocycles. The molecule has 0 radical (unpaired) electrons. The first-order chi connectivity index (χ1) is 6.72. The first kappa shape index (κ1) is 9.42. The van der Waals surface area contributed by atoms with Crippen LogP contribution < -0.4 is 16.2 Å². The molecule has 76 valence electrons. The molecule has 0 saturated carbocycles. The molecule has 0 bridgehead atoms. The minimum absolute atomic E-state index is 0.0127. The largest absolute Gasteiger partial charge is 0.354 e. The minimum atomic E-state index is -0.559. The van der Waals surface area contributed by atoms with Gasteiger partial charge >= 0.3 is 0 Å². The van der Waals surface area contributed by atoms with Gasteiger partial charge in [-0.15, -0.1) is 0 Å². The van der Waals surface area contributed by atoms with E-state index in [0.29, 0.717) is 0 Å². The van der Waals surface area contributed by atoms with Gasteiger partial charge in [-0.1, -0.05) is 0 Å². The Morgan fingerprint density at radius 1 is 1.43 bits per heavy atom. The molecule has 1 aromatic rings. The third-order valence-electron chi connectivity index (χ3n) is 2.10. The third-order valence-corrected chi connectivity index (χ3v) is 2.27. The van der Waals surface area contributed by atoms with Crippen molar-refractivity contribution in [3.8, 4) is 0 Å². The summed E-state index contributed by atoms with van der Waals surface area (Å²) in [5.41, 5.74) is 2.14. The van der Waals surface area contributed by atoms with Crippen molar-refractivity contribution in [1.82, 2.24) is 9.97 Å². The molecule has 2 heterocycles. The van der Waals surface area contributed by atoms with Crippen LogP contribution in [0.25, 0.3) is 0 Å².